The number of carbonyl (C=O) groups is 2. The number of aromatic nitrogens is 1. The van der Waals surface area contributed by atoms with Crippen molar-refractivity contribution in [2.24, 2.45) is 0 Å². The van der Waals surface area contributed by atoms with E-state index in [1.807, 2.05) is 13.8 Å². The van der Waals surface area contributed by atoms with Crippen molar-refractivity contribution in [3.63, 3.8) is 0 Å². The molecular formula is C14H20N2O4. The SMILES string of the molecule is CCCN(CCC)C(=O)Cn1cccc(C(=O)O)c1=O. The van der Waals surface area contributed by atoms with Gasteiger partial charge in [0.05, 0.1) is 0 Å². The van der Waals surface area contributed by atoms with Gasteiger partial charge in [-0.2, -0.15) is 0 Å². The molecule has 0 atom stereocenters. The molecule has 20 heavy (non-hydrogen) atoms. The Hall–Kier alpha value is -2.11. The summed E-state index contributed by atoms with van der Waals surface area (Å²) in [6.45, 7) is 5.11. The maximum absolute atomic E-state index is 12.1. The summed E-state index contributed by atoms with van der Waals surface area (Å²) < 4.78 is 1.14. The second-order valence-electron chi connectivity index (χ2n) is 4.54. The first-order valence-electron chi connectivity index (χ1n) is 6.71. The molecule has 1 amide bonds. The van der Waals surface area contributed by atoms with Gasteiger partial charge in [-0.1, -0.05) is 13.8 Å². The third-order valence-electron chi connectivity index (χ3n) is 2.90. The minimum absolute atomic E-state index is 0.125. The Kier molecular flexibility index (Phi) is 5.96. The van der Waals surface area contributed by atoms with Crippen molar-refractivity contribution in [1.82, 2.24) is 9.47 Å². The predicted octanol–water partition coefficient (Wildman–Crippen LogP) is 1.20. The molecule has 0 saturated heterocycles. The van der Waals surface area contributed by atoms with Gasteiger partial charge in [0, 0.05) is 19.3 Å². The zero-order valence-electron chi connectivity index (χ0n) is 11.8. The number of nitrogens with zero attached hydrogens (tertiary/aromatic N) is 2. The number of hydrogen-bond donors (Lipinski definition) is 1. The highest BCUT2D eigenvalue weighted by Gasteiger charge is 2.15. The molecule has 1 aromatic heterocycles. The number of carboxylic acids is 1. The summed E-state index contributed by atoms with van der Waals surface area (Å²) in [6.07, 6.45) is 3.12. The van der Waals surface area contributed by atoms with E-state index in [0.717, 1.165) is 17.4 Å². The van der Waals surface area contributed by atoms with Crippen LogP contribution < -0.4 is 5.56 Å². The number of aromatic carboxylic acids is 1. The summed E-state index contributed by atoms with van der Waals surface area (Å²) in [5, 5.41) is 8.89. The van der Waals surface area contributed by atoms with Crippen molar-refractivity contribution in [3.8, 4) is 0 Å². The Morgan fingerprint density at radius 2 is 1.85 bits per heavy atom. The lowest BCUT2D eigenvalue weighted by Crippen LogP contribution is -2.38. The van der Waals surface area contributed by atoms with Gasteiger partial charge in [0.15, 0.2) is 0 Å². The highest BCUT2D eigenvalue weighted by molar-refractivity contribution is 5.87. The Bertz CT molecular complexity index is 530. The van der Waals surface area contributed by atoms with E-state index >= 15 is 0 Å². The molecule has 0 bridgehead atoms. The molecule has 0 aromatic carbocycles. The molecule has 0 aliphatic carbocycles. The third-order valence-corrected chi connectivity index (χ3v) is 2.90. The molecule has 0 aliphatic heterocycles. The predicted molar refractivity (Wildman–Crippen MR) is 74.8 cm³/mol. The van der Waals surface area contributed by atoms with Crippen LogP contribution >= 0.6 is 0 Å². The summed E-state index contributed by atoms with van der Waals surface area (Å²) in [5.74, 6) is -1.45. The normalized spacial score (nSPS) is 10.3. The van der Waals surface area contributed by atoms with Gasteiger partial charge in [0.25, 0.3) is 5.56 Å². The van der Waals surface area contributed by atoms with Crippen molar-refractivity contribution >= 4 is 11.9 Å². The van der Waals surface area contributed by atoms with Crippen LogP contribution in [0.15, 0.2) is 23.1 Å². The average molecular weight is 280 g/mol. The van der Waals surface area contributed by atoms with Gasteiger partial charge in [-0.15, -0.1) is 0 Å². The summed E-state index contributed by atoms with van der Waals surface area (Å²) >= 11 is 0. The van der Waals surface area contributed by atoms with Crippen LogP contribution in [0, 0.1) is 0 Å². The van der Waals surface area contributed by atoms with Crippen LogP contribution in [0.5, 0.6) is 0 Å². The number of carboxylic acid groups (broad SMARTS) is 1. The van der Waals surface area contributed by atoms with Crippen LogP contribution in [0.3, 0.4) is 0 Å². The first-order chi connectivity index (χ1) is 9.51. The molecule has 0 fully saturated rings. The van der Waals surface area contributed by atoms with E-state index < -0.39 is 11.5 Å². The summed E-state index contributed by atoms with van der Waals surface area (Å²) in [4.78, 5) is 36.6. The van der Waals surface area contributed by atoms with Crippen LogP contribution in [-0.4, -0.2) is 39.5 Å². The standard InChI is InChI=1S/C14H20N2O4/c1-3-7-15(8-4-2)12(17)10-16-9-5-6-11(13(16)18)14(19)20/h5-6,9H,3-4,7-8,10H2,1-2H3,(H,19,20). The molecule has 1 rings (SSSR count). The smallest absolute Gasteiger partial charge is 0.341 e. The summed E-state index contributed by atoms with van der Waals surface area (Å²) in [7, 11) is 0. The zero-order valence-corrected chi connectivity index (χ0v) is 11.8. The highest BCUT2D eigenvalue weighted by Crippen LogP contribution is 1.99. The van der Waals surface area contributed by atoms with E-state index in [0.29, 0.717) is 13.1 Å². The van der Waals surface area contributed by atoms with Gasteiger partial charge in [-0.3, -0.25) is 9.59 Å². The van der Waals surface area contributed by atoms with E-state index in [9.17, 15) is 14.4 Å². The minimum atomic E-state index is -1.28. The Morgan fingerprint density at radius 1 is 1.25 bits per heavy atom. The molecule has 1 aromatic rings. The van der Waals surface area contributed by atoms with E-state index in [2.05, 4.69) is 0 Å². The maximum Gasteiger partial charge on any atom is 0.341 e. The van der Waals surface area contributed by atoms with Crippen molar-refractivity contribution in [2.75, 3.05) is 13.1 Å². The molecule has 0 saturated carbocycles. The molecule has 6 heteroatoms. The first-order valence-corrected chi connectivity index (χ1v) is 6.71. The van der Waals surface area contributed by atoms with Crippen molar-refractivity contribution in [1.29, 1.82) is 0 Å². The van der Waals surface area contributed by atoms with Gasteiger partial charge >= 0.3 is 5.97 Å². The Labute approximate surface area is 117 Å². The largest absolute Gasteiger partial charge is 0.477 e. The lowest BCUT2D eigenvalue weighted by Gasteiger charge is -2.21. The molecule has 1 N–H and O–H groups in total. The van der Waals surface area contributed by atoms with E-state index in [1.54, 1.807) is 4.90 Å². The fourth-order valence-electron chi connectivity index (χ4n) is 1.97. The fraction of sp³-hybridized carbons (Fsp3) is 0.500. The second kappa shape index (κ2) is 7.47. The fourth-order valence-corrected chi connectivity index (χ4v) is 1.97. The lowest BCUT2D eigenvalue weighted by molar-refractivity contribution is -0.132. The van der Waals surface area contributed by atoms with Gasteiger partial charge in [0.1, 0.15) is 12.1 Å². The van der Waals surface area contributed by atoms with Crippen LogP contribution in [-0.2, 0) is 11.3 Å². The monoisotopic (exact) mass is 280 g/mol. The third kappa shape index (κ3) is 3.94. The second-order valence-corrected chi connectivity index (χ2v) is 4.54. The molecule has 110 valence electrons. The van der Waals surface area contributed by atoms with Crippen LogP contribution in [0.1, 0.15) is 37.0 Å². The molecule has 0 aliphatic rings. The van der Waals surface area contributed by atoms with Crippen LogP contribution in [0.2, 0.25) is 0 Å². The number of hydrogen-bond acceptors (Lipinski definition) is 3. The molecule has 0 spiro atoms. The topological polar surface area (TPSA) is 79.6 Å². The van der Waals surface area contributed by atoms with Crippen molar-refractivity contribution in [2.45, 2.75) is 33.2 Å². The van der Waals surface area contributed by atoms with Gasteiger partial charge in [-0.25, -0.2) is 4.79 Å². The molecule has 0 unspecified atom stereocenters. The Balaban J connectivity index is 2.92. The zero-order chi connectivity index (χ0) is 15.1. The molecule has 0 radical (unpaired) electrons. The van der Waals surface area contributed by atoms with Gasteiger partial charge in [0.2, 0.25) is 5.91 Å². The number of pyridine rings is 1. The van der Waals surface area contributed by atoms with E-state index in [-0.39, 0.29) is 18.0 Å². The molecule has 6 nitrogen and oxygen atoms in total. The summed E-state index contributed by atoms with van der Waals surface area (Å²) in [6, 6.07) is 2.70. The minimum Gasteiger partial charge on any atom is -0.477 e. The molecule has 1 heterocycles. The van der Waals surface area contributed by atoms with E-state index in [4.69, 9.17) is 5.11 Å². The molecular weight excluding hydrogens is 260 g/mol. The Morgan fingerprint density at radius 3 is 2.35 bits per heavy atom. The first kappa shape index (κ1) is 15.9. The quantitative estimate of drug-likeness (QED) is 0.813. The van der Waals surface area contributed by atoms with Crippen LogP contribution in [0.4, 0.5) is 0 Å². The maximum atomic E-state index is 12.1. The van der Waals surface area contributed by atoms with Gasteiger partial charge in [-0.05, 0) is 25.0 Å². The van der Waals surface area contributed by atoms with Crippen LogP contribution in [0.25, 0.3) is 0 Å². The van der Waals surface area contributed by atoms with Crippen molar-refractivity contribution in [3.05, 3.63) is 34.2 Å². The van der Waals surface area contributed by atoms with Crippen molar-refractivity contribution < 1.29 is 14.7 Å². The average Bonchev–Trinajstić information content (AvgIpc) is 2.40. The summed E-state index contributed by atoms with van der Waals surface area (Å²) in [5.41, 5.74) is -0.973. The van der Waals surface area contributed by atoms with Gasteiger partial charge < -0.3 is 14.6 Å². The number of carbonyl (C=O) groups excluding carboxylic acids is 1. The highest BCUT2D eigenvalue weighted by atomic mass is 16.4. The lowest BCUT2D eigenvalue weighted by atomic mass is 10.2. The van der Waals surface area contributed by atoms with E-state index in [1.165, 1.54) is 18.3 Å². The number of rotatable bonds is 7. The number of amides is 1.